The van der Waals surface area contributed by atoms with E-state index in [9.17, 15) is 4.79 Å². The van der Waals surface area contributed by atoms with Crippen molar-refractivity contribution in [2.24, 2.45) is 11.3 Å². The highest BCUT2D eigenvalue weighted by Crippen LogP contribution is 2.38. The number of rotatable bonds is 5. The topological polar surface area (TPSA) is 22.0 Å². The van der Waals surface area contributed by atoms with Gasteiger partial charge in [-0.2, -0.15) is 0 Å². The fraction of sp³-hybridized carbons (Fsp3) is 0.737. The number of nitrogens with zero attached hydrogens (tertiary/aromatic N) is 1. The van der Waals surface area contributed by atoms with Crippen molar-refractivity contribution < 1.29 is 4.79 Å². The molecule has 2 heteroatoms. The lowest BCUT2D eigenvalue weighted by atomic mass is 9.76. The van der Waals surface area contributed by atoms with Gasteiger partial charge in [0.05, 0.1) is 0 Å². The molecule has 1 aromatic heterocycles. The number of aromatic nitrogens is 1. The van der Waals surface area contributed by atoms with Crippen LogP contribution in [0.25, 0.3) is 0 Å². The first-order chi connectivity index (χ1) is 9.71. The molecule has 21 heavy (non-hydrogen) atoms. The second-order valence-electron chi connectivity index (χ2n) is 8.13. The predicted molar refractivity (Wildman–Crippen MR) is 89.0 cm³/mol. The van der Waals surface area contributed by atoms with Crippen molar-refractivity contribution in [1.82, 2.24) is 4.57 Å². The highest BCUT2D eigenvalue weighted by Gasteiger charge is 2.34. The van der Waals surface area contributed by atoms with Gasteiger partial charge in [-0.1, -0.05) is 40.5 Å². The maximum Gasteiger partial charge on any atom is 0.165 e. The molecule has 0 radical (unpaired) electrons. The number of Topliss-reactive ketones (excluding diaryl/α,β-unsaturated/α-hetero) is 1. The highest BCUT2D eigenvalue weighted by atomic mass is 16.1. The minimum atomic E-state index is 0.101. The minimum absolute atomic E-state index is 0.101. The summed E-state index contributed by atoms with van der Waals surface area (Å²) in [7, 11) is 0. The van der Waals surface area contributed by atoms with Gasteiger partial charge in [-0.15, -0.1) is 0 Å². The summed E-state index contributed by atoms with van der Waals surface area (Å²) < 4.78 is 2.44. The van der Waals surface area contributed by atoms with Crippen molar-refractivity contribution in [2.45, 2.75) is 79.7 Å². The Bertz CT molecular complexity index is 522. The molecule has 1 atom stereocenters. The molecule has 1 heterocycles. The summed E-state index contributed by atoms with van der Waals surface area (Å²) in [5.74, 6) is 1.11. The summed E-state index contributed by atoms with van der Waals surface area (Å²) in [6.07, 6.45) is 5.47. The lowest BCUT2D eigenvalue weighted by Gasteiger charge is -2.31. The molecule has 0 saturated carbocycles. The number of carbonyl (C=O) groups excluding carboxylic acids is 1. The smallest absolute Gasteiger partial charge is 0.165 e. The molecule has 0 bridgehead atoms. The van der Waals surface area contributed by atoms with E-state index in [2.05, 4.69) is 52.2 Å². The Morgan fingerprint density at radius 2 is 1.86 bits per heavy atom. The van der Waals surface area contributed by atoms with Crippen molar-refractivity contribution >= 4 is 5.78 Å². The number of hydrogen-bond donors (Lipinski definition) is 0. The van der Waals surface area contributed by atoms with Gasteiger partial charge in [0, 0.05) is 29.4 Å². The van der Waals surface area contributed by atoms with Crippen molar-refractivity contribution in [1.29, 1.82) is 0 Å². The van der Waals surface area contributed by atoms with E-state index < -0.39 is 0 Å². The van der Waals surface area contributed by atoms with E-state index in [-0.39, 0.29) is 5.41 Å². The largest absolute Gasteiger partial charge is 0.345 e. The van der Waals surface area contributed by atoms with Crippen molar-refractivity contribution in [3.63, 3.8) is 0 Å². The molecular weight excluding hydrogens is 258 g/mol. The van der Waals surface area contributed by atoms with Crippen LogP contribution in [-0.2, 0) is 6.42 Å². The molecule has 2 rings (SSSR count). The monoisotopic (exact) mass is 289 g/mol. The standard InChI is InChI=1S/C19H31NO/c1-13(2)8-7-9-14(3)20-15(4)10-16-17(20)11-19(5,6)12-18(16)21/h10,13-14H,7-9,11-12H2,1-6H3. The number of ketones is 1. The first kappa shape index (κ1) is 16.3. The number of aryl methyl sites for hydroxylation is 1. The van der Waals surface area contributed by atoms with Gasteiger partial charge < -0.3 is 4.57 Å². The molecule has 0 aromatic carbocycles. The third-order valence-corrected chi connectivity index (χ3v) is 4.76. The minimum Gasteiger partial charge on any atom is -0.345 e. The van der Waals surface area contributed by atoms with E-state index in [1.165, 1.54) is 30.7 Å². The van der Waals surface area contributed by atoms with Crippen LogP contribution < -0.4 is 0 Å². The summed E-state index contributed by atoms with van der Waals surface area (Å²) in [6.45, 7) is 13.5. The van der Waals surface area contributed by atoms with Crippen molar-refractivity contribution in [3.8, 4) is 0 Å². The van der Waals surface area contributed by atoms with E-state index >= 15 is 0 Å². The van der Waals surface area contributed by atoms with E-state index in [4.69, 9.17) is 0 Å². The Morgan fingerprint density at radius 1 is 1.19 bits per heavy atom. The average Bonchev–Trinajstić information content (AvgIpc) is 2.63. The number of hydrogen-bond acceptors (Lipinski definition) is 1. The van der Waals surface area contributed by atoms with Gasteiger partial charge in [0.2, 0.25) is 0 Å². The zero-order valence-corrected chi connectivity index (χ0v) is 14.6. The van der Waals surface area contributed by atoms with E-state index in [1.807, 2.05) is 0 Å². The lowest BCUT2D eigenvalue weighted by Crippen LogP contribution is -2.28. The number of fused-ring (bicyclic) bond motifs is 1. The van der Waals surface area contributed by atoms with Gasteiger partial charge >= 0.3 is 0 Å². The quantitative estimate of drug-likeness (QED) is 0.717. The molecule has 1 aromatic rings. The predicted octanol–water partition coefficient (Wildman–Crippen LogP) is 5.34. The first-order valence-electron chi connectivity index (χ1n) is 8.45. The second-order valence-corrected chi connectivity index (χ2v) is 8.13. The van der Waals surface area contributed by atoms with Gasteiger partial charge in [0.25, 0.3) is 0 Å². The number of carbonyl (C=O) groups is 1. The molecule has 1 aliphatic rings. The Labute approximate surface area is 129 Å². The van der Waals surface area contributed by atoms with Crippen LogP contribution in [0.5, 0.6) is 0 Å². The Kier molecular flexibility index (Phi) is 4.65. The van der Waals surface area contributed by atoms with Crippen molar-refractivity contribution in [3.05, 3.63) is 23.0 Å². The molecule has 2 nitrogen and oxygen atoms in total. The Hall–Kier alpha value is -1.05. The van der Waals surface area contributed by atoms with Gasteiger partial charge in [-0.25, -0.2) is 0 Å². The second kappa shape index (κ2) is 5.98. The van der Waals surface area contributed by atoms with Crippen LogP contribution in [0.3, 0.4) is 0 Å². The molecule has 0 aliphatic heterocycles. The summed E-state index contributed by atoms with van der Waals surface area (Å²) in [5.41, 5.74) is 3.63. The average molecular weight is 289 g/mol. The third-order valence-electron chi connectivity index (χ3n) is 4.76. The molecular formula is C19H31NO. The van der Waals surface area contributed by atoms with E-state index in [1.54, 1.807) is 0 Å². The van der Waals surface area contributed by atoms with Gasteiger partial charge in [-0.05, 0) is 44.1 Å². The van der Waals surface area contributed by atoms with E-state index in [0.717, 1.165) is 17.9 Å². The van der Waals surface area contributed by atoms with Gasteiger partial charge in [0.15, 0.2) is 5.78 Å². The molecule has 0 saturated heterocycles. The van der Waals surface area contributed by atoms with Crippen LogP contribution in [0.1, 0.15) is 88.1 Å². The fourth-order valence-electron chi connectivity index (χ4n) is 3.74. The molecule has 1 unspecified atom stereocenters. The molecule has 1 aliphatic carbocycles. The first-order valence-corrected chi connectivity index (χ1v) is 8.45. The van der Waals surface area contributed by atoms with Crippen LogP contribution in [0.2, 0.25) is 0 Å². The van der Waals surface area contributed by atoms with Crippen LogP contribution >= 0.6 is 0 Å². The Morgan fingerprint density at radius 3 is 2.48 bits per heavy atom. The van der Waals surface area contributed by atoms with Gasteiger partial charge in [0.1, 0.15) is 0 Å². The highest BCUT2D eigenvalue weighted by molar-refractivity contribution is 5.99. The third kappa shape index (κ3) is 3.59. The van der Waals surface area contributed by atoms with E-state index in [0.29, 0.717) is 18.2 Å². The summed E-state index contributed by atoms with van der Waals surface area (Å²) in [6, 6.07) is 2.61. The van der Waals surface area contributed by atoms with Gasteiger partial charge in [-0.3, -0.25) is 4.79 Å². The molecule has 0 spiro atoms. The molecule has 0 fully saturated rings. The maximum atomic E-state index is 12.4. The van der Waals surface area contributed by atoms with Crippen LogP contribution in [0.4, 0.5) is 0 Å². The Balaban J connectivity index is 2.23. The zero-order valence-electron chi connectivity index (χ0n) is 14.6. The zero-order chi connectivity index (χ0) is 15.8. The summed E-state index contributed by atoms with van der Waals surface area (Å²) >= 11 is 0. The normalized spacial score (nSPS) is 18.9. The lowest BCUT2D eigenvalue weighted by molar-refractivity contribution is 0.0909. The summed E-state index contributed by atoms with van der Waals surface area (Å²) in [4.78, 5) is 12.4. The summed E-state index contributed by atoms with van der Waals surface area (Å²) in [5, 5.41) is 0. The molecule has 0 N–H and O–H groups in total. The van der Waals surface area contributed by atoms with Crippen LogP contribution in [-0.4, -0.2) is 10.4 Å². The molecule has 0 amide bonds. The molecule has 118 valence electrons. The maximum absolute atomic E-state index is 12.4. The van der Waals surface area contributed by atoms with Crippen molar-refractivity contribution in [2.75, 3.05) is 0 Å². The van der Waals surface area contributed by atoms with Crippen LogP contribution in [0.15, 0.2) is 6.07 Å². The SMILES string of the molecule is Cc1cc2c(n1C(C)CCCC(C)C)CC(C)(C)CC2=O. The fourth-order valence-corrected chi connectivity index (χ4v) is 3.74. The van der Waals surface area contributed by atoms with Crippen LogP contribution in [0, 0.1) is 18.3 Å².